The van der Waals surface area contributed by atoms with Crippen molar-refractivity contribution in [1.82, 2.24) is 4.98 Å². The predicted molar refractivity (Wildman–Crippen MR) is 40.2 cm³/mol. The molecule has 1 heterocycles. The van der Waals surface area contributed by atoms with Crippen LogP contribution in [-0.4, -0.2) is 4.98 Å². The minimum absolute atomic E-state index is 0.147. The summed E-state index contributed by atoms with van der Waals surface area (Å²) in [5, 5.41) is 8.77. The molecule has 0 unspecified atom stereocenters. The molecule has 1 aromatic heterocycles. The number of hydrogen-bond donors (Lipinski definition) is 0. The number of rotatable bonds is 0. The van der Waals surface area contributed by atoms with Crippen molar-refractivity contribution in [3.63, 3.8) is 0 Å². The van der Waals surface area contributed by atoms with Gasteiger partial charge in [0.25, 0.3) is 5.82 Å². The van der Waals surface area contributed by atoms with Crippen molar-refractivity contribution in [2.75, 3.05) is 0 Å². The molecule has 0 bridgehead atoms. The first-order valence-corrected chi connectivity index (χ1v) is 3.09. The molecular weight excluding hydrogens is 162 g/mol. The van der Waals surface area contributed by atoms with Gasteiger partial charge in [-0.15, -0.1) is 4.98 Å². The Balaban J connectivity index is 3.28. The summed E-state index contributed by atoms with van der Waals surface area (Å²) in [6.07, 6.45) is 0. The second-order valence-electron chi connectivity index (χ2n) is 1.75. The standard InChI is InChI=1S/C7H2ClN3/c1-10-7-3-5(8)2-6(4-9)11-7/h2-3H. The van der Waals surface area contributed by atoms with E-state index in [1.54, 1.807) is 6.07 Å². The summed E-state index contributed by atoms with van der Waals surface area (Å²) >= 11 is 5.57. The number of halogens is 1. The summed E-state index contributed by atoms with van der Waals surface area (Å²) in [5.74, 6) is 0.147. The van der Waals surface area contributed by atoms with Crippen molar-refractivity contribution < 1.29 is 0 Å². The maximum atomic E-state index is 8.41. The van der Waals surface area contributed by atoms with Crippen LogP contribution in [0.1, 0.15) is 5.69 Å². The quantitative estimate of drug-likeness (QED) is 0.550. The third kappa shape index (κ3) is 1.67. The second kappa shape index (κ2) is 3.01. The number of nitriles is 1. The van der Waals surface area contributed by atoms with Gasteiger partial charge in [0.15, 0.2) is 0 Å². The lowest BCUT2D eigenvalue weighted by atomic mass is 10.4. The maximum Gasteiger partial charge on any atom is 0.272 e. The topological polar surface area (TPSA) is 41.0 Å². The van der Waals surface area contributed by atoms with Gasteiger partial charge < -0.3 is 4.85 Å². The Hall–Kier alpha value is -1.58. The molecule has 11 heavy (non-hydrogen) atoms. The van der Waals surface area contributed by atoms with E-state index in [9.17, 15) is 0 Å². The third-order valence-electron chi connectivity index (χ3n) is 1.01. The highest BCUT2D eigenvalue weighted by atomic mass is 35.5. The molecule has 0 aliphatic rings. The Morgan fingerprint density at radius 1 is 1.64 bits per heavy atom. The minimum Gasteiger partial charge on any atom is -0.361 e. The van der Waals surface area contributed by atoms with Gasteiger partial charge in [0.2, 0.25) is 5.69 Å². The van der Waals surface area contributed by atoms with E-state index in [0.717, 1.165) is 0 Å². The average Bonchev–Trinajstić information content (AvgIpc) is 2.03. The Kier molecular flexibility index (Phi) is 2.06. The lowest BCUT2D eigenvalue weighted by molar-refractivity contribution is 1.28. The zero-order valence-corrected chi connectivity index (χ0v) is 6.13. The number of hydrogen-bond acceptors (Lipinski definition) is 2. The fourth-order valence-corrected chi connectivity index (χ4v) is 0.799. The summed E-state index contributed by atoms with van der Waals surface area (Å²) < 4.78 is 0. The zero-order valence-electron chi connectivity index (χ0n) is 5.37. The third-order valence-corrected chi connectivity index (χ3v) is 1.22. The Labute approximate surface area is 68.7 Å². The van der Waals surface area contributed by atoms with Crippen molar-refractivity contribution in [2.24, 2.45) is 0 Å². The van der Waals surface area contributed by atoms with Crippen LogP contribution in [0.15, 0.2) is 12.1 Å². The van der Waals surface area contributed by atoms with Gasteiger partial charge in [-0.25, -0.2) is 0 Å². The largest absolute Gasteiger partial charge is 0.361 e. The van der Waals surface area contributed by atoms with E-state index in [2.05, 4.69) is 9.83 Å². The Morgan fingerprint density at radius 2 is 2.36 bits per heavy atom. The van der Waals surface area contributed by atoms with Crippen LogP contribution in [0.5, 0.6) is 0 Å². The van der Waals surface area contributed by atoms with Gasteiger partial charge in [0.1, 0.15) is 6.07 Å². The van der Waals surface area contributed by atoms with Crippen molar-refractivity contribution in [1.29, 1.82) is 5.26 Å². The molecule has 3 nitrogen and oxygen atoms in total. The summed E-state index contributed by atoms with van der Waals surface area (Å²) in [6.45, 7) is 6.61. The average molecular weight is 164 g/mol. The number of pyridine rings is 1. The van der Waals surface area contributed by atoms with Crippen LogP contribution in [0.3, 0.4) is 0 Å². The van der Waals surface area contributed by atoms with Crippen molar-refractivity contribution >= 4 is 17.4 Å². The highest BCUT2D eigenvalue weighted by molar-refractivity contribution is 6.30. The van der Waals surface area contributed by atoms with Gasteiger partial charge in [-0.3, -0.25) is 0 Å². The highest BCUT2D eigenvalue weighted by Crippen LogP contribution is 2.16. The molecule has 0 radical (unpaired) electrons. The van der Waals surface area contributed by atoms with Crippen LogP contribution < -0.4 is 0 Å². The molecule has 1 aromatic rings. The molecule has 0 atom stereocenters. The minimum atomic E-state index is 0.147. The molecule has 0 aliphatic heterocycles. The van der Waals surface area contributed by atoms with E-state index < -0.39 is 0 Å². The van der Waals surface area contributed by atoms with E-state index in [-0.39, 0.29) is 11.5 Å². The van der Waals surface area contributed by atoms with Gasteiger partial charge in [0, 0.05) is 11.1 Å². The van der Waals surface area contributed by atoms with Crippen molar-refractivity contribution in [2.45, 2.75) is 0 Å². The van der Waals surface area contributed by atoms with Crippen LogP contribution >= 0.6 is 11.6 Å². The van der Waals surface area contributed by atoms with E-state index in [4.69, 9.17) is 23.4 Å². The van der Waals surface area contributed by atoms with Crippen LogP contribution in [0.2, 0.25) is 5.02 Å². The number of aromatic nitrogens is 1. The molecule has 0 saturated carbocycles. The smallest absolute Gasteiger partial charge is 0.272 e. The lowest BCUT2D eigenvalue weighted by Crippen LogP contribution is -1.80. The normalized spacial score (nSPS) is 8.27. The molecule has 0 aromatic carbocycles. The van der Waals surface area contributed by atoms with E-state index in [1.165, 1.54) is 12.1 Å². The highest BCUT2D eigenvalue weighted by Gasteiger charge is 2.01. The molecule has 0 spiro atoms. The van der Waals surface area contributed by atoms with Gasteiger partial charge in [0.05, 0.1) is 0 Å². The fraction of sp³-hybridized carbons (Fsp3) is 0. The second-order valence-corrected chi connectivity index (χ2v) is 2.19. The van der Waals surface area contributed by atoms with Crippen molar-refractivity contribution in [3.05, 3.63) is 34.3 Å². The van der Waals surface area contributed by atoms with Gasteiger partial charge >= 0.3 is 0 Å². The molecule has 0 N–H and O–H groups in total. The van der Waals surface area contributed by atoms with Crippen LogP contribution in [0.25, 0.3) is 4.85 Å². The van der Waals surface area contributed by atoms with Crippen LogP contribution in [0, 0.1) is 17.9 Å². The van der Waals surface area contributed by atoms with Crippen LogP contribution in [-0.2, 0) is 0 Å². The van der Waals surface area contributed by atoms with Gasteiger partial charge in [-0.2, -0.15) is 5.26 Å². The summed E-state index contributed by atoms with van der Waals surface area (Å²) in [4.78, 5) is 6.71. The van der Waals surface area contributed by atoms with E-state index in [0.29, 0.717) is 5.02 Å². The van der Waals surface area contributed by atoms with Gasteiger partial charge in [-0.05, 0) is 6.07 Å². The lowest BCUT2D eigenvalue weighted by Gasteiger charge is -1.88. The number of nitrogens with zero attached hydrogens (tertiary/aromatic N) is 3. The fourth-order valence-electron chi connectivity index (χ4n) is 0.598. The zero-order chi connectivity index (χ0) is 8.27. The molecule has 4 heteroatoms. The SMILES string of the molecule is [C-]#[N+]c1cc(Cl)cc(C#N)n1. The summed E-state index contributed by atoms with van der Waals surface area (Å²) in [7, 11) is 0. The first kappa shape index (κ1) is 7.53. The molecule has 52 valence electrons. The molecule has 1 rings (SSSR count). The van der Waals surface area contributed by atoms with E-state index in [1.807, 2.05) is 0 Å². The molecular formula is C7H2ClN3. The predicted octanol–water partition coefficient (Wildman–Crippen LogP) is 2.16. The molecule has 0 amide bonds. The summed E-state index contributed by atoms with van der Waals surface area (Å²) in [6, 6.07) is 4.63. The summed E-state index contributed by atoms with van der Waals surface area (Å²) in [5.41, 5.74) is 0.170. The molecule has 0 fully saturated rings. The van der Waals surface area contributed by atoms with Crippen LogP contribution in [0.4, 0.5) is 5.82 Å². The van der Waals surface area contributed by atoms with E-state index >= 15 is 0 Å². The first-order chi connectivity index (χ1) is 5.26. The Bertz CT molecular complexity index is 327. The first-order valence-electron chi connectivity index (χ1n) is 2.71. The molecule has 0 aliphatic carbocycles. The Morgan fingerprint density at radius 3 is 2.91 bits per heavy atom. The monoisotopic (exact) mass is 163 g/mol. The maximum absolute atomic E-state index is 8.41. The van der Waals surface area contributed by atoms with Crippen molar-refractivity contribution in [3.8, 4) is 6.07 Å². The molecule has 0 saturated heterocycles. The van der Waals surface area contributed by atoms with Gasteiger partial charge in [-0.1, -0.05) is 18.2 Å².